The Hall–Kier alpha value is -1.35. The average molecular weight is 408 g/mol. The molecule has 1 heterocycles. The van der Waals surface area contributed by atoms with Gasteiger partial charge in [-0.2, -0.15) is 0 Å². The molecule has 0 aliphatic heterocycles. The summed E-state index contributed by atoms with van der Waals surface area (Å²) in [6.07, 6.45) is 12.6. The molecule has 1 aromatic carbocycles. The van der Waals surface area contributed by atoms with Gasteiger partial charge in [0.2, 0.25) is 0 Å². The second-order valence-corrected chi connectivity index (χ2v) is 8.42. The fourth-order valence-corrected chi connectivity index (χ4v) is 4.19. The SMILES string of the molecule is CC.CC1CCCCC1.[B]c1ccnc2c(CN(CCC)CCC)cc(CC)cc12. The zero-order valence-corrected chi connectivity index (χ0v) is 20.6. The topological polar surface area (TPSA) is 16.1 Å². The molecule has 3 rings (SSSR count). The van der Waals surface area contributed by atoms with Crippen molar-refractivity contribution in [2.45, 2.75) is 99.5 Å². The molecule has 3 heteroatoms. The van der Waals surface area contributed by atoms with Crippen molar-refractivity contribution in [2.75, 3.05) is 13.1 Å². The first-order chi connectivity index (χ1) is 14.6. The van der Waals surface area contributed by atoms with Crippen LogP contribution in [0.4, 0.5) is 0 Å². The Morgan fingerprint density at radius 1 is 1.00 bits per heavy atom. The predicted octanol–water partition coefficient (Wildman–Crippen LogP) is 6.83. The molecule has 2 aromatic rings. The molecule has 0 amide bonds. The van der Waals surface area contributed by atoms with Gasteiger partial charge in [-0.1, -0.05) is 97.3 Å². The van der Waals surface area contributed by atoms with Crippen LogP contribution in [0.5, 0.6) is 0 Å². The average Bonchev–Trinajstić information content (AvgIpc) is 2.77. The highest BCUT2D eigenvalue weighted by atomic mass is 15.1. The molecule has 0 N–H and O–H groups in total. The van der Waals surface area contributed by atoms with E-state index in [0.717, 1.165) is 48.3 Å². The Bertz CT molecular complexity index is 701. The molecule has 0 atom stereocenters. The standard InChI is InChI=1S/C18H25BN2.C7H14.C2H6/c1-4-9-21(10-5-2)13-15-11-14(6-3)12-16-17(19)7-8-20-18(15)16;1-7-5-3-2-4-6-7;1-2/h7-8,11-12H,4-6,9-10,13H2,1-3H3;7H,2-6H2,1H3;1-2H3. The maximum absolute atomic E-state index is 6.14. The van der Waals surface area contributed by atoms with Crippen LogP contribution in [0.1, 0.15) is 97.6 Å². The lowest BCUT2D eigenvalue weighted by atomic mass is 9.90. The van der Waals surface area contributed by atoms with E-state index < -0.39 is 0 Å². The summed E-state index contributed by atoms with van der Waals surface area (Å²) in [5.74, 6) is 1.04. The largest absolute Gasteiger partial charge is 0.299 e. The molecule has 0 bridgehead atoms. The lowest BCUT2D eigenvalue weighted by molar-refractivity contribution is 0.267. The highest BCUT2D eigenvalue weighted by Crippen LogP contribution is 2.22. The number of fused-ring (bicyclic) bond motifs is 1. The number of nitrogens with zero attached hydrogens (tertiary/aromatic N) is 2. The minimum absolute atomic E-state index is 0.828. The first-order valence-corrected chi connectivity index (χ1v) is 12.5. The fourth-order valence-electron chi connectivity index (χ4n) is 4.19. The molecule has 1 fully saturated rings. The van der Waals surface area contributed by atoms with Crippen LogP contribution < -0.4 is 5.46 Å². The van der Waals surface area contributed by atoms with Crippen molar-refractivity contribution in [1.29, 1.82) is 0 Å². The lowest BCUT2D eigenvalue weighted by Gasteiger charge is -2.22. The summed E-state index contributed by atoms with van der Waals surface area (Å²) < 4.78 is 0. The third-order valence-electron chi connectivity index (χ3n) is 5.79. The molecule has 30 heavy (non-hydrogen) atoms. The van der Waals surface area contributed by atoms with Crippen molar-refractivity contribution in [3.8, 4) is 0 Å². The first-order valence-electron chi connectivity index (χ1n) is 12.5. The molecule has 2 nitrogen and oxygen atoms in total. The Labute approximate surface area is 188 Å². The Morgan fingerprint density at radius 3 is 2.13 bits per heavy atom. The van der Waals surface area contributed by atoms with Crippen LogP contribution in [0.15, 0.2) is 24.4 Å². The molecule has 1 aliphatic carbocycles. The molecule has 1 saturated carbocycles. The molecular formula is C27H45BN2. The van der Waals surface area contributed by atoms with Gasteiger partial charge in [0, 0.05) is 12.7 Å². The summed E-state index contributed by atoms with van der Waals surface area (Å²) >= 11 is 0. The fraction of sp³-hybridized carbons (Fsp3) is 0.667. The highest BCUT2D eigenvalue weighted by Gasteiger charge is 2.11. The predicted molar refractivity (Wildman–Crippen MR) is 136 cm³/mol. The van der Waals surface area contributed by atoms with Crippen molar-refractivity contribution in [3.63, 3.8) is 0 Å². The van der Waals surface area contributed by atoms with Crippen molar-refractivity contribution < 1.29 is 0 Å². The van der Waals surface area contributed by atoms with E-state index in [2.05, 4.69) is 49.7 Å². The van der Waals surface area contributed by atoms with Crippen LogP contribution in [0.2, 0.25) is 0 Å². The van der Waals surface area contributed by atoms with Crippen LogP contribution in [-0.2, 0) is 13.0 Å². The van der Waals surface area contributed by atoms with Crippen molar-refractivity contribution in [2.24, 2.45) is 5.92 Å². The number of benzene rings is 1. The smallest absolute Gasteiger partial charge is 0.114 e. The van der Waals surface area contributed by atoms with Gasteiger partial charge in [0.05, 0.1) is 5.52 Å². The van der Waals surface area contributed by atoms with Gasteiger partial charge in [-0.3, -0.25) is 9.88 Å². The Morgan fingerprint density at radius 2 is 1.63 bits per heavy atom. The van der Waals surface area contributed by atoms with E-state index in [1.165, 1.54) is 56.1 Å². The van der Waals surface area contributed by atoms with Crippen LogP contribution in [0.25, 0.3) is 10.9 Å². The molecule has 0 spiro atoms. The van der Waals surface area contributed by atoms with E-state index in [0.29, 0.717) is 0 Å². The van der Waals surface area contributed by atoms with Gasteiger partial charge in [-0.15, -0.1) is 0 Å². The number of rotatable bonds is 7. The first kappa shape index (κ1) is 26.7. The molecule has 0 unspecified atom stereocenters. The molecule has 0 saturated heterocycles. The minimum Gasteiger partial charge on any atom is -0.299 e. The summed E-state index contributed by atoms with van der Waals surface area (Å²) in [6.45, 7) is 16.2. The van der Waals surface area contributed by atoms with Gasteiger partial charge in [0.15, 0.2) is 0 Å². The van der Waals surface area contributed by atoms with Crippen molar-refractivity contribution in [1.82, 2.24) is 9.88 Å². The maximum Gasteiger partial charge on any atom is 0.114 e. The third-order valence-corrected chi connectivity index (χ3v) is 5.79. The van der Waals surface area contributed by atoms with E-state index in [4.69, 9.17) is 7.85 Å². The van der Waals surface area contributed by atoms with E-state index in [9.17, 15) is 0 Å². The van der Waals surface area contributed by atoms with Crippen molar-refractivity contribution in [3.05, 3.63) is 35.5 Å². The number of hydrogen-bond acceptors (Lipinski definition) is 2. The summed E-state index contributed by atoms with van der Waals surface area (Å²) in [5.41, 5.74) is 4.53. The minimum atomic E-state index is 0.828. The molecule has 1 aliphatic rings. The van der Waals surface area contributed by atoms with Gasteiger partial charge >= 0.3 is 0 Å². The van der Waals surface area contributed by atoms with Crippen LogP contribution in [0.3, 0.4) is 0 Å². The number of hydrogen-bond donors (Lipinski definition) is 0. The monoisotopic (exact) mass is 408 g/mol. The van der Waals surface area contributed by atoms with Gasteiger partial charge < -0.3 is 0 Å². The summed E-state index contributed by atoms with van der Waals surface area (Å²) in [4.78, 5) is 7.10. The normalized spacial score (nSPS) is 14.1. The van der Waals surface area contributed by atoms with Gasteiger partial charge in [-0.25, -0.2) is 0 Å². The second-order valence-electron chi connectivity index (χ2n) is 8.42. The van der Waals surface area contributed by atoms with Crippen LogP contribution >= 0.6 is 0 Å². The summed E-state index contributed by atoms with van der Waals surface area (Å²) in [6, 6.07) is 6.37. The molecular weight excluding hydrogens is 363 g/mol. The number of aryl methyl sites for hydroxylation is 1. The summed E-state index contributed by atoms with van der Waals surface area (Å²) in [7, 11) is 6.14. The molecule has 1 aromatic heterocycles. The van der Waals surface area contributed by atoms with Gasteiger partial charge in [0.25, 0.3) is 0 Å². The number of pyridine rings is 1. The zero-order valence-electron chi connectivity index (χ0n) is 20.6. The third kappa shape index (κ3) is 8.80. The zero-order chi connectivity index (χ0) is 22.4. The van der Waals surface area contributed by atoms with E-state index in [1.807, 2.05) is 26.1 Å². The van der Waals surface area contributed by atoms with E-state index >= 15 is 0 Å². The van der Waals surface area contributed by atoms with Crippen LogP contribution in [0, 0.1) is 5.92 Å². The number of aromatic nitrogens is 1. The molecule has 166 valence electrons. The van der Waals surface area contributed by atoms with Gasteiger partial charge in [-0.05, 0) is 54.8 Å². The van der Waals surface area contributed by atoms with Gasteiger partial charge in [0.1, 0.15) is 7.85 Å². The molecule has 2 radical (unpaired) electrons. The lowest BCUT2D eigenvalue weighted by Crippen LogP contribution is -2.25. The highest BCUT2D eigenvalue weighted by molar-refractivity contribution is 6.38. The maximum atomic E-state index is 6.14. The van der Waals surface area contributed by atoms with Crippen LogP contribution in [-0.4, -0.2) is 30.8 Å². The van der Waals surface area contributed by atoms with E-state index in [1.54, 1.807) is 0 Å². The summed E-state index contributed by atoms with van der Waals surface area (Å²) in [5, 5.41) is 1.10. The second kappa shape index (κ2) is 15.5. The Kier molecular flexibility index (Phi) is 13.8. The van der Waals surface area contributed by atoms with Crippen molar-refractivity contribution >= 4 is 24.2 Å². The van der Waals surface area contributed by atoms with E-state index in [-0.39, 0.29) is 0 Å². The quantitative estimate of drug-likeness (QED) is 0.467. The Balaban J connectivity index is 0.000000418.